The molecule has 0 bridgehead atoms. The van der Waals surface area contributed by atoms with Crippen molar-refractivity contribution in [1.82, 2.24) is 0 Å². The van der Waals surface area contributed by atoms with E-state index in [9.17, 15) is 21.6 Å². The number of ether oxygens (including phenoxy) is 2. The Balaban J connectivity index is 2.52. The molecule has 0 saturated heterocycles. The van der Waals surface area contributed by atoms with Crippen LogP contribution in [0.3, 0.4) is 0 Å². The van der Waals surface area contributed by atoms with Crippen molar-refractivity contribution in [2.45, 2.75) is 4.90 Å². The van der Waals surface area contributed by atoms with Crippen molar-refractivity contribution < 1.29 is 31.1 Å². The topological polar surface area (TPSA) is 113 Å². The van der Waals surface area contributed by atoms with Gasteiger partial charge in [-0.05, 0) is 23.7 Å². The highest BCUT2D eigenvalue weighted by atomic mass is 32.2. The minimum absolute atomic E-state index is 0.110. The molecule has 0 unspecified atom stereocenters. The molecule has 0 aliphatic carbocycles. The molecule has 0 radical (unpaired) electrons. The van der Waals surface area contributed by atoms with Gasteiger partial charge < -0.3 is 9.47 Å². The molecule has 1 N–H and O–H groups in total. The van der Waals surface area contributed by atoms with Crippen molar-refractivity contribution in [1.29, 1.82) is 0 Å². The van der Waals surface area contributed by atoms with E-state index in [1.54, 1.807) is 0 Å². The van der Waals surface area contributed by atoms with Gasteiger partial charge in [0.05, 0.1) is 25.6 Å². The molecule has 2 aromatic carbocycles. The Morgan fingerprint density at radius 3 is 2.31 bits per heavy atom. The summed E-state index contributed by atoms with van der Waals surface area (Å²) >= 11 is 0. The molecule has 2 aromatic rings. The van der Waals surface area contributed by atoms with Gasteiger partial charge in [-0.15, -0.1) is 0 Å². The summed E-state index contributed by atoms with van der Waals surface area (Å²) in [5.41, 5.74) is 7.12. The highest BCUT2D eigenvalue weighted by molar-refractivity contribution is 7.92. The Morgan fingerprint density at radius 2 is 1.73 bits per heavy atom. The number of sulfonamides is 1. The molecular weight excluding hydrogens is 377 g/mol. The molecule has 0 fully saturated rings. The predicted octanol–water partition coefficient (Wildman–Crippen LogP) is 3.86. The van der Waals surface area contributed by atoms with Crippen molar-refractivity contribution in [3.63, 3.8) is 0 Å². The Kier molecular flexibility index (Phi) is 5.48. The summed E-state index contributed by atoms with van der Waals surface area (Å²) in [7, 11) is -2.18. The molecule has 2 rings (SSSR count). The van der Waals surface area contributed by atoms with Crippen molar-refractivity contribution in [3.05, 3.63) is 52.2 Å². The van der Waals surface area contributed by atoms with Crippen LogP contribution in [0.25, 0.3) is 10.4 Å². The normalized spacial score (nSPS) is 10.8. The number of hydrogen-bond acceptors (Lipinski definition) is 5. The smallest absolute Gasteiger partial charge is 0.267 e. The monoisotopic (exact) mass is 388 g/mol. The lowest BCUT2D eigenvalue weighted by Gasteiger charge is -2.13. The van der Waals surface area contributed by atoms with E-state index in [1.807, 2.05) is 4.72 Å². The van der Waals surface area contributed by atoms with E-state index < -0.39 is 38.1 Å². The molecular formula is C14H11F3N4O4S. The van der Waals surface area contributed by atoms with Gasteiger partial charge in [0, 0.05) is 11.0 Å². The average molecular weight is 388 g/mol. The summed E-state index contributed by atoms with van der Waals surface area (Å²) in [6.07, 6.45) is 0. The standard InChI is InChI=1S/C14H11F3N4O4S/c1-24-10-4-3-7(5-11(10)25-2)20-26(22,23)14-8(15)6-9(19-21-18)12(16)13(14)17/h3-6,20H,1-2H3. The first-order chi connectivity index (χ1) is 12.2. The Labute approximate surface area is 145 Å². The number of azide groups is 1. The number of benzene rings is 2. The SMILES string of the molecule is COc1ccc(NS(=O)(=O)c2c(F)cc(N=[N+]=[N-])c(F)c2F)cc1OC. The van der Waals surface area contributed by atoms with Gasteiger partial charge in [0.25, 0.3) is 10.0 Å². The molecule has 138 valence electrons. The van der Waals surface area contributed by atoms with Gasteiger partial charge >= 0.3 is 0 Å². The fourth-order valence-electron chi connectivity index (χ4n) is 2.04. The number of methoxy groups -OCH3 is 2. The van der Waals surface area contributed by atoms with Crippen molar-refractivity contribution in [2.24, 2.45) is 5.11 Å². The van der Waals surface area contributed by atoms with Crippen molar-refractivity contribution >= 4 is 21.4 Å². The summed E-state index contributed by atoms with van der Waals surface area (Å²) in [5.74, 6) is -4.99. The Morgan fingerprint density at radius 1 is 1.08 bits per heavy atom. The van der Waals surface area contributed by atoms with Crippen LogP contribution in [0.4, 0.5) is 24.5 Å². The van der Waals surface area contributed by atoms with Gasteiger partial charge in [-0.25, -0.2) is 21.6 Å². The van der Waals surface area contributed by atoms with Crippen LogP contribution in [0.2, 0.25) is 0 Å². The first-order valence-electron chi connectivity index (χ1n) is 6.72. The minimum atomic E-state index is -4.84. The molecule has 0 amide bonds. The molecule has 0 atom stereocenters. The maximum atomic E-state index is 14.0. The summed E-state index contributed by atoms with van der Waals surface area (Å²) in [4.78, 5) is 0.651. The van der Waals surface area contributed by atoms with Crippen LogP contribution in [0.1, 0.15) is 0 Å². The van der Waals surface area contributed by atoms with E-state index >= 15 is 0 Å². The largest absolute Gasteiger partial charge is 0.493 e. The summed E-state index contributed by atoms with van der Waals surface area (Å²) in [6.45, 7) is 0. The molecule has 26 heavy (non-hydrogen) atoms. The van der Waals surface area contributed by atoms with E-state index in [1.165, 1.54) is 32.4 Å². The first kappa shape index (κ1) is 19.2. The molecule has 0 spiro atoms. The maximum Gasteiger partial charge on any atom is 0.267 e. The second-order valence-electron chi connectivity index (χ2n) is 4.70. The number of rotatable bonds is 6. The third-order valence-electron chi connectivity index (χ3n) is 3.15. The molecule has 0 aliphatic heterocycles. The lowest BCUT2D eigenvalue weighted by Crippen LogP contribution is -2.17. The molecule has 8 nitrogen and oxygen atoms in total. The fraction of sp³-hybridized carbons (Fsp3) is 0.143. The molecule has 0 aliphatic rings. The van der Waals surface area contributed by atoms with Crippen LogP contribution in [0, 0.1) is 17.5 Å². The third-order valence-corrected chi connectivity index (χ3v) is 4.57. The number of halogens is 3. The quantitative estimate of drug-likeness (QED) is 0.350. The van der Waals surface area contributed by atoms with Gasteiger partial charge in [-0.2, -0.15) is 0 Å². The van der Waals surface area contributed by atoms with E-state index in [2.05, 4.69) is 10.0 Å². The number of nitrogens with one attached hydrogen (secondary N) is 1. The van der Waals surface area contributed by atoms with Crippen LogP contribution >= 0.6 is 0 Å². The summed E-state index contributed by atoms with van der Waals surface area (Å²) in [6, 6.07) is 4.09. The molecule has 0 saturated carbocycles. The van der Waals surface area contributed by atoms with Gasteiger partial charge in [0.1, 0.15) is 5.82 Å². The third kappa shape index (κ3) is 3.60. The van der Waals surface area contributed by atoms with Crippen molar-refractivity contribution in [2.75, 3.05) is 18.9 Å². The van der Waals surface area contributed by atoms with Crippen molar-refractivity contribution in [3.8, 4) is 11.5 Å². The van der Waals surface area contributed by atoms with Gasteiger partial charge in [0.15, 0.2) is 28.0 Å². The van der Waals surface area contributed by atoms with Gasteiger partial charge in [0.2, 0.25) is 0 Å². The van der Waals surface area contributed by atoms with Crippen LogP contribution in [0.15, 0.2) is 34.3 Å². The lowest BCUT2D eigenvalue weighted by atomic mass is 10.3. The second-order valence-corrected chi connectivity index (χ2v) is 6.32. The van der Waals surface area contributed by atoms with Gasteiger partial charge in [-0.3, -0.25) is 4.72 Å². The highest BCUT2D eigenvalue weighted by Crippen LogP contribution is 2.33. The fourth-order valence-corrected chi connectivity index (χ4v) is 3.22. The zero-order chi connectivity index (χ0) is 19.5. The van der Waals surface area contributed by atoms with E-state index in [-0.39, 0.29) is 23.3 Å². The first-order valence-corrected chi connectivity index (χ1v) is 8.21. The van der Waals surface area contributed by atoms with Crippen LogP contribution in [-0.2, 0) is 10.0 Å². The van der Waals surface area contributed by atoms with E-state index in [0.717, 1.165) is 0 Å². The summed E-state index contributed by atoms with van der Waals surface area (Å²) in [5, 5.41) is 2.76. The average Bonchev–Trinajstić information content (AvgIpc) is 2.58. The lowest BCUT2D eigenvalue weighted by molar-refractivity contribution is 0.355. The van der Waals surface area contributed by atoms with Crippen LogP contribution < -0.4 is 14.2 Å². The Bertz CT molecular complexity index is 1010. The minimum Gasteiger partial charge on any atom is -0.493 e. The van der Waals surface area contributed by atoms with Gasteiger partial charge in [-0.1, -0.05) is 5.11 Å². The number of hydrogen-bond donors (Lipinski definition) is 1. The number of anilines is 1. The number of nitrogens with zero attached hydrogens (tertiary/aromatic N) is 3. The van der Waals surface area contributed by atoms with Crippen LogP contribution in [0.5, 0.6) is 11.5 Å². The second kappa shape index (κ2) is 7.42. The summed E-state index contributed by atoms with van der Waals surface area (Å²) < 4.78 is 78.3. The molecule has 12 heteroatoms. The molecule has 0 heterocycles. The van der Waals surface area contributed by atoms with E-state index in [4.69, 9.17) is 15.0 Å². The zero-order valence-corrected chi connectivity index (χ0v) is 14.1. The van der Waals surface area contributed by atoms with E-state index in [0.29, 0.717) is 0 Å². The zero-order valence-electron chi connectivity index (χ0n) is 13.3. The Hall–Kier alpha value is -3.11. The maximum absolute atomic E-state index is 14.0. The van der Waals surface area contributed by atoms with Crippen LogP contribution in [-0.4, -0.2) is 22.6 Å². The molecule has 0 aromatic heterocycles. The highest BCUT2D eigenvalue weighted by Gasteiger charge is 2.29. The predicted molar refractivity (Wildman–Crippen MR) is 85.5 cm³/mol.